The van der Waals surface area contributed by atoms with Crippen LogP contribution in [0.1, 0.15) is 17.3 Å². The van der Waals surface area contributed by atoms with Crippen LogP contribution in [0.25, 0.3) is 10.2 Å². The summed E-state index contributed by atoms with van der Waals surface area (Å²) >= 11 is 1.35. The first kappa shape index (κ1) is 12.8. The topological polar surface area (TPSA) is 74.4 Å². The molecule has 18 heavy (non-hydrogen) atoms. The van der Waals surface area contributed by atoms with Crippen LogP contribution in [0.3, 0.4) is 0 Å². The van der Waals surface area contributed by atoms with Crippen LogP contribution in [0, 0.1) is 0 Å². The number of hydrogen-bond acceptors (Lipinski definition) is 6. The molecule has 0 saturated carbocycles. The quantitative estimate of drug-likeness (QED) is 0.857. The van der Waals surface area contributed by atoms with Gasteiger partial charge >= 0.3 is 5.97 Å². The van der Waals surface area contributed by atoms with Gasteiger partial charge < -0.3 is 15.2 Å². The Labute approximate surface area is 109 Å². The van der Waals surface area contributed by atoms with Gasteiger partial charge in [-0.25, -0.2) is 9.78 Å². The molecule has 1 aromatic carbocycles. The second-order valence-electron chi connectivity index (χ2n) is 3.91. The summed E-state index contributed by atoms with van der Waals surface area (Å²) in [7, 11) is 1.57. The van der Waals surface area contributed by atoms with Crippen molar-refractivity contribution in [1.82, 2.24) is 4.98 Å². The molecule has 0 fully saturated rings. The molecule has 2 rings (SSSR count). The van der Waals surface area contributed by atoms with Gasteiger partial charge in [-0.1, -0.05) is 11.3 Å². The number of rotatable bonds is 4. The predicted octanol–water partition coefficient (Wildman–Crippen LogP) is 2.07. The van der Waals surface area contributed by atoms with Crippen molar-refractivity contribution in [3.63, 3.8) is 0 Å². The van der Waals surface area contributed by atoms with E-state index in [4.69, 9.17) is 15.2 Å². The van der Waals surface area contributed by atoms with Gasteiger partial charge in [0.05, 0.1) is 22.4 Å². The Bertz CT molecular complexity index is 567. The Morgan fingerprint density at radius 1 is 1.56 bits per heavy atom. The molecule has 96 valence electrons. The van der Waals surface area contributed by atoms with Gasteiger partial charge in [0, 0.05) is 7.11 Å². The zero-order chi connectivity index (χ0) is 13.1. The van der Waals surface area contributed by atoms with Crippen molar-refractivity contribution in [3.05, 3.63) is 23.8 Å². The second kappa shape index (κ2) is 5.32. The molecule has 0 bridgehead atoms. The number of nitrogens with two attached hydrogens (primary N) is 1. The van der Waals surface area contributed by atoms with E-state index >= 15 is 0 Å². The number of carbonyl (C=O) groups excluding carboxylic acids is 1. The number of carbonyl (C=O) groups is 1. The van der Waals surface area contributed by atoms with Crippen molar-refractivity contribution in [2.24, 2.45) is 0 Å². The summed E-state index contributed by atoms with van der Waals surface area (Å²) in [6.45, 7) is 2.16. The van der Waals surface area contributed by atoms with Crippen molar-refractivity contribution in [2.75, 3.05) is 19.5 Å². The smallest absolute Gasteiger partial charge is 0.338 e. The molecule has 6 heteroatoms. The number of thiazole rings is 1. The van der Waals surface area contributed by atoms with Crippen LogP contribution >= 0.6 is 11.3 Å². The van der Waals surface area contributed by atoms with Crippen LogP contribution in [0.15, 0.2) is 18.2 Å². The molecule has 2 aromatic rings. The molecule has 2 N–H and O–H groups in total. The van der Waals surface area contributed by atoms with Gasteiger partial charge in [0.15, 0.2) is 5.13 Å². The maximum absolute atomic E-state index is 11.9. The van der Waals surface area contributed by atoms with Crippen molar-refractivity contribution >= 4 is 32.7 Å². The maximum atomic E-state index is 11.9. The van der Waals surface area contributed by atoms with Crippen molar-refractivity contribution in [3.8, 4) is 0 Å². The molecule has 1 unspecified atom stereocenters. The molecule has 0 radical (unpaired) electrons. The Morgan fingerprint density at radius 3 is 3.06 bits per heavy atom. The minimum Gasteiger partial charge on any atom is -0.457 e. The molecule has 1 heterocycles. The fraction of sp³-hybridized carbons (Fsp3) is 0.333. The van der Waals surface area contributed by atoms with E-state index in [1.54, 1.807) is 32.2 Å². The van der Waals surface area contributed by atoms with Gasteiger partial charge in [0.2, 0.25) is 0 Å². The van der Waals surface area contributed by atoms with Gasteiger partial charge in [0.25, 0.3) is 0 Å². The highest BCUT2D eigenvalue weighted by molar-refractivity contribution is 7.22. The number of benzene rings is 1. The monoisotopic (exact) mass is 266 g/mol. The van der Waals surface area contributed by atoms with E-state index in [0.717, 1.165) is 10.2 Å². The first-order chi connectivity index (χ1) is 8.60. The number of nitrogen functional groups attached to an aromatic ring is 1. The fourth-order valence-electron chi connectivity index (χ4n) is 1.59. The van der Waals surface area contributed by atoms with E-state index < -0.39 is 0 Å². The SMILES string of the molecule is COCC(C)OC(=O)c1ccc2nc(N)sc2c1. The number of ether oxygens (including phenoxy) is 2. The zero-order valence-electron chi connectivity index (χ0n) is 10.2. The van der Waals surface area contributed by atoms with Gasteiger partial charge in [0.1, 0.15) is 6.10 Å². The highest BCUT2D eigenvalue weighted by Gasteiger charge is 2.13. The van der Waals surface area contributed by atoms with Crippen LogP contribution in [0.2, 0.25) is 0 Å². The van der Waals surface area contributed by atoms with Crippen LogP contribution in [0.5, 0.6) is 0 Å². The number of hydrogen-bond donors (Lipinski definition) is 1. The molecule has 0 aliphatic heterocycles. The lowest BCUT2D eigenvalue weighted by molar-refractivity contribution is 0.0120. The number of methoxy groups -OCH3 is 1. The summed E-state index contributed by atoms with van der Waals surface area (Å²) in [5.41, 5.74) is 6.90. The third kappa shape index (κ3) is 2.77. The van der Waals surface area contributed by atoms with Crippen molar-refractivity contribution < 1.29 is 14.3 Å². The Kier molecular flexibility index (Phi) is 3.78. The lowest BCUT2D eigenvalue weighted by atomic mass is 10.2. The zero-order valence-corrected chi connectivity index (χ0v) is 11.0. The number of aromatic nitrogens is 1. The lowest BCUT2D eigenvalue weighted by Gasteiger charge is -2.11. The average Bonchev–Trinajstić information content (AvgIpc) is 2.68. The normalized spacial score (nSPS) is 12.6. The summed E-state index contributed by atoms with van der Waals surface area (Å²) < 4.78 is 11.0. The molecule has 1 aromatic heterocycles. The van der Waals surface area contributed by atoms with E-state index in [1.807, 2.05) is 0 Å². The van der Waals surface area contributed by atoms with Crippen LogP contribution in [-0.4, -0.2) is 30.8 Å². The number of nitrogens with zero attached hydrogens (tertiary/aromatic N) is 1. The minimum absolute atomic E-state index is 0.273. The molecule has 5 nitrogen and oxygen atoms in total. The van der Waals surface area contributed by atoms with Gasteiger partial charge in [-0.3, -0.25) is 0 Å². The van der Waals surface area contributed by atoms with Crippen molar-refractivity contribution in [2.45, 2.75) is 13.0 Å². The maximum Gasteiger partial charge on any atom is 0.338 e. The third-order valence-electron chi connectivity index (χ3n) is 2.35. The van der Waals surface area contributed by atoms with E-state index in [1.165, 1.54) is 11.3 Å². The summed E-state index contributed by atoms with van der Waals surface area (Å²) in [5.74, 6) is -0.367. The molecule has 0 aliphatic carbocycles. The second-order valence-corrected chi connectivity index (χ2v) is 4.97. The first-order valence-electron chi connectivity index (χ1n) is 5.46. The summed E-state index contributed by atoms with van der Waals surface area (Å²) in [6.07, 6.45) is -0.273. The Balaban J connectivity index is 2.17. The van der Waals surface area contributed by atoms with Crippen LogP contribution in [0.4, 0.5) is 5.13 Å². The Hall–Kier alpha value is -1.66. The minimum atomic E-state index is -0.367. The number of esters is 1. The largest absolute Gasteiger partial charge is 0.457 e. The average molecular weight is 266 g/mol. The summed E-state index contributed by atoms with van der Waals surface area (Å²) in [6, 6.07) is 5.19. The van der Waals surface area contributed by atoms with Gasteiger partial charge in [-0.15, -0.1) is 0 Å². The number of fused-ring (bicyclic) bond motifs is 1. The molecular weight excluding hydrogens is 252 g/mol. The fourth-order valence-corrected chi connectivity index (χ4v) is 2.36. The molecule has 0 aliphatic rings. The van der Waals surface area contributed by atoms with Crippen molar-refractivity contribution in [1.29, 1.82) is 0 Å². The highest BCUT2D eigenvalue weighted by atomic mass is 32.1. The van der Waals surface area contributed by atoms with E-state index in [9.17, 15) is 4.79 Å². The Morgan fingerprint density at radius 2 is 2.33 bits per heavy atom. The van der Waals surface area contributed by atoms with Gasteiger partial charge in [-0.05, 0) is 25.1 Å². The number of anilines is 1. The predicted molar refractivity (Wildman–Crippen MR) is 70.8 cm³/mol. The van der Waals surface area contributed by atoms with E-state index in [0.29, 0.717) is 17.3 Å². The molecule has 0 amide bonds. The van der Waals surface area contributed by atoms with E-state index in [-0.39, 0.29) is 12.1 Å². The summed E-state index contributed by atoms with van der Waals surface area (Å²) in [4.78, 5) is 16.0. The first-order valence-corrected chi connectivity index (χ1v) is 6.28. The van der Waals surface area contributed by atoms with E-state index in [2.05, 4.69) is 4.98 Å². The lowest BCUT2D eigenvalue weighted by Crippen LogP contribution is -2.19. The highest BCUT2D eigenvalue weighted by Crippen LogP contribution is 2.24. The van der Waals surface area contributed by atoms with Crippen LogP contribution in [-0.2, 0) is 9.47 Å². The van der Waals surface area contributed by atoms with Crippen LogP contribution < -0.4 is 5.73 Å². The standard InChI is InChI=1S/C12H14N2O3S/c1-7(6-16-2)17-11(15)8-3-4-9-10(5-8)18-12(13)14-9/h3-5,7H,6H2,1-2H3,(H2,13,14). The summed E-state index contributed by atoms with van der Waals surface area (Å²) in [5, 5.41) is 0.489. The molecule has 0 saturated heterocycles. The third-order valence-corrected chi connectivity index (χ3v) is 3.20. The molecular formula is C12H14N2O3S. The molecule has 1 atom stereocenters. The molecule has 0 spiro atoms. The van der Waals surface area contributed by atoms with Gasteiger partial charge in [-0.2, -0.15) is 0 Å².